The van der Waals surface area contributed by atoms with E-state index in [1.54, 1.807) is 6.20 Å². The minimum absolute atomic E-state index is 0. The van der Waals surface area contributed by atoms with Crippen molar-refractivity contribution >= 4 is 48.1 Å². The first-order valence-corrected chi connectivity index (χ1v) is 7.89. The number of hydrogen-bond donors (Lipinski definition) is 1. The van der Waals surface area contributed by atoms with Crippen molar-refractivity contribution in [1.29, 1.82) is 0 Å². The van der Waals surface area contributed by atoms with E-state index >= 15 is 0 Å². The quantitative estimate of drug-likeness (QED) is 0.871. The van der Waals surface area contributed by atoms with Crippen molar-refractivity contribution < 1.29 is 4.79 Å². The molecule has 2 saturated heterocycles. The Labute approximate surface area is 154 Å². The van der Waals surface area contributed by atoms with Gasteiger partial charge in [0.15, 0.2) is 0 Å². The first-order valence-electron chi connectivity index (χ1n) is 7.51. The molecule has 1 unspecified atom stereocenters. The summed E-state index contributed by atoms with van der Waals surface area (Å²) in [5, 5.41) is 3.88. The summed E-state index contributed by atoms with van der Waals surface area (Å²) in [5.41, 5.74) is 0. The SMILES string of the molecule is CC(C(=O)N1CCN(c2ccc(Cl)cn2)CC1)C1CNC1.Cl.Cl. The topological polar surface area (TPSA) is 48.5 Å². The maximum atomic E-state index is 12.5. The summed E-state index contributed by atoms with van der Waals surface area (Å²) in [4.78, 5) is 21.0. The number of anilines is 1. The second-order valence-corrected chi connectivity index (χ2v) is 6.29. The Hall–Kier alpha value is -0.750. The predicted octanol–water partition coefficient (Wildman–Crippen LogP) is 2.08. The molecule has 0 bridgehead atoms. The lowest BCUT2D eigenvalue weighted by atomic mass is 9.88. The fourth-order valence-corrected chi connectivity index (χ4v) is 2.98. The summed E-state index contributed by atoms with van der Waals surface area (Å²) in [6.45, 7) is 7.21. The molecule has 2 fully saturated rings. The van der Waals surface area contributed by atoms with Crippen molar-refractivity contribution in [3.05, 3.63) is 23.4 Å². The summed E-state index contributed by atoms with van der Waals surface area (Å²) in [7, 11) is 0. The summed E-state index contributed by atoms with van der Waals surface area (Å²) in [6, 6.07) is 3.79. The van der Waals surface area contributed by atoms with Crippen molar-refractivity contribution in [2.45, 2.75) is 6.92 Å². The van der Waals surface area contributed by atoms with Gasteiger partial charge in [0.1, 0.15) is 5.82 Å². The molecular formula is C15H23Cl3N4O. The molecule has 8 heteroatoms. The van der Waals surface area contributed by atoms with E-state index in [9.17, 15) is 4.79 Å². The summed E-state index contributed by atoms with van der Waals surface area (Å²) >= 11 is 5.86. The van der Waals surface area contributed by atoms with Crippen molar-refractivity contribution in [3.63, 3.8) is 0 Å². The van der Waals surface area contributed by atoms with E-state index in [0.29, 0.717) is 16.8 Å². The van der Waals surface area contributed by atoms with E-state index in [2.05, 4.69) is 22.1 Å². The molecule has 0 saturated carbocycles. The molecule has 5 nitrogen and oxygen atoms in total. The normalized spacial score (nSPS) is 19.2. The molecule has 1 aromatic rings. The van der Waals surface area contributed by atoms with Crippen molar-refractivity contribution in [1.82, 2.24) is 15.2 Å². The Bertz CT molecular complexity index is 502. The highest BCUT2D eigenvalue weighted by Crippen LogP contribution is 2.21. The number of amides is 1. The Morgan fingerprint density at radius 1 is 1.26 bits per heavy atom. The first kappa shape index (κ1) is 20.3. The number of rotatable bonds is 3. The molecule has 2 aliphatic rings. The highest BCUT2D eigenvalue weighted by atomic mass is 35.5. The molecule has 130 valence electrons. The van der Waals surface area contributed by atoms with E-state index in [-0.39, 0.29) is 30.7 Å². The molecule has 3 rings (SSSR count). The van der Waals surface area contributed by atoms with Crippen LogP contribution in [0.25, 0.3) is 0 Å². The average molecular weight is 382 g/mol. The van der Waals surface area contributed by atoms with Crippen LogP contribution >= 0.6 is 36.4 Å². The Kier molecular flexibility index (Phi) is 7.87. The van der Waals surface area contributed by atoms with Gasteiger partial charge >= 0.3 is 0 Å². The number of piperazine rings is 1. The minimum atomic E-state index is 0. The Morgan fingerprint density at radius 2 is 1.91 bits per heavy atom. The molecule has 1 amide bonds. The zero-order valence-corrected chi connectivity index (χ0v) is 15.5. The van der Waals surface area contributed by atoms with Gasteiger partial charge in [-0.25, -0.2) is 4.98 Å². The van der Waals surface area contributed by atoms with Crippen LogP contribution in [0.3, 0.4) is 0 Å². The van der Waals surface area contributed by atoms with Gasteiger partial charge in [0.2, 0.25) is 5.91 Å². The van der Waals surface area contributed by atoms with Crippen LogP contribution in [0.1, 0.15) is 6.92 Å². The monoisotopic (exact) mass is 380 g/mol. The number of nitrogens with one attached hydrogen (secondary N) is 1. The second-order valence-electron chi connectivity index (χ2n) is 5.85. The van der Waals surface area contributed by atoms with Crippen LogP contribution in [-0.4, -0.2) is 55.1 Å². The van der Waals surface area contributed by atoms with Gasteiger partial charge in [0.25, 0.3) is 0 Å². The van der Waals surface area contributed by atoms with Gasteiger partial charge in [0, 0.05) is 38.3 Å². The zero-order valence-electron chi connectivity index (χ0n) is 13.1. The molecular weight excluding hydrogens is 359 g/mol. The number of halogens is 3. The number of carbonyl (C=O) groups is 1. The molecule has 1 N–H and O–H groups in total. The summed E-state index contributed by atoms with van der Waals surface area (Å²) < 4.78 is 0. The van der Waals surface area contributed by atoms with Crippen LogP contribution in [-0.2, 0) is 4.79 Å². The van der Waals surface area contributed by atoms with Crippen LogP contribution in [0, 0.1) is 11.8 Å². The third-order valence-corrected chi connectivity index (χ3v) is 4.76. The smallest absolute Gasteiger partial charge is 0.225 e. The zero-order chi connectivity index (χ0) is 14.8. The largest absolute Gasteiger partial charge is 0.353 e. The fraction of sp³-hybridized carbons (Fsp3) is 0.600. The average Bonchev–Trinajstić information content (AvgIpc) is 2.46. The molecule has 0 radical (unpaired) electrons. The van der Waals surface area contributed by atoms with Gasteiger partial charge in [0.05, 0.1) is 5.02 Å². The summed E-state index contributed by atoms with van der Waals surface area (Å²) in [6.07, 6.45) is 1.67. The van der Waals surface area contributed by atoms with Crippen LogP contribution in [0.2, 0.25) is 5.02 Å². The van der Waals surface area contributed by atoms with Gasteiger partial charge in [-0.3, -0.25) is 4.79 Å². The Balaban J connectivity index is 0.00000132. The number of pyridine rings is 1. The number of hydrogen-bond acceptors (Lipinski definition) is 4. The van der Waals surface area contributed by atoms with E-state index in [1.165, 1.54) is 0 Å². The maximum absolute atomic E-state index is 12.5. The number of aromatic nitrogens is 1. The van der Waals surface area contributed by atoms with Gasteiger partial charge in [-0.2, -0.15) is 0 Å². The molecule has 0 spiro atoms. The number of carbonyl (C=O) groups excluding carboxylic acids is 1. The van der Waals surface area contributed by atoms with Crippen molar-refractivity contribution in [2.24, 2.45) is 11.8 Å². The molecule has 0 aromatic carbocycles. The Morgan fingerprint density at radius 3 is 2.39 bits per heavy atom. The van der Waals surface area contributed by atoms with E-state index in [0.717, 1.165) is 45.1 Å². The molecule has 3 heterocycles. The fourth-order valence-electron chi connectivity index (χ4n) is 2.87. The number of nitrogens with zero attached hydrogens (tertiary/aromatic N) is 3. The lowest BCUT2D eigenvalue weighted by molar-refractivity contribution is -0.137. The van der Waals surface area contributed by atoms with Crippen LogP contribution in [0.15, 0.2) is 18.3 Å². The van der Waals surface area contributed by atoms with Crippen LogP contribution < -0.4 is 10.2 Å². The first-order chi connectivity index (χ1) is 10.1. The molecule has 0 aliphatic carbocycles. The van der Waals surface area contributed by atoms with Gasteiger partial charge in [-0.05, 0) is 31.1 Å². The highest BCUT2D eigenvalue weighted by molar-refractivity contribution is 6.30. The standard InChI is InChI=1S/C15H21ClN4O.2ClH/c1-11(12-8-17-9-12)15(21)20-6-4-19(5-7-20)14-3-2-13(16)10-18-14;;/h2-3,10-12,17H,4-9H2,1H3;2*1H. The third-order valence-electron chi connectivity index (χ3n) is 4.54. The van der Waals surface area contributed by atoms with Gasteiger partial charge < -0.3 is 15.1 Å². The lowest BCUT2D eigenvalue weighted by Crippen LogP contribution is -2.54. The second kappa shape index (κ2) is 8.92. The minimum Gasteiger partial charge on any atom is -0.353 e. The molecule has 1 atom stereocenters. The van der Waals surface area contributed by atoms with E-state index < -0.39 is 0 Å². The maximum Gasteiger partial charge on any atom is 0.225 e. The third kappa shape index (κ3) is 4.63. The predicted molar refractivity (Wildman–Crippen MR) is 98.1 cm³/mol. The highest BCUT2D eigenvalue weighted by Gasteiger charge is 2.32. The lowest BCUT2D eigenvalue weighted by Gasteiger charge is -2.39. The summed E-state index contributed by atoms with van der Waals surface area (Å²) in [5.74, 6) is 1.87. The van der Waals surface area contributed by atoms with Crippen molar-refractivity contribution in [2.75, 3.05) is 44.2 Å². The molecule has 23 heavy (non-hydrogen) atoms. The van der Waals surface area contributed by atoms with Crippen LogP contribution in [0.4, 0.5) is 5.82 Å². The van der Waals surface area contributed by atoms with Gasteiger partial charge in [-0.15, -0.1) is 24.8 Å². The molecule has 1 aromatic heterocycles. The van der Waals surface area contributed by atoms with Gasteiger partial charge in [-0.1, -0.05) is 18.5 Å². The van der Waals surface area contributed by atoms with E-state index in [4.69, 9.17) is 11.6 Å². The van der Waals surface area contributed by atoms with Crippen molar-refractivity contribution in [3.8, 4) is 0 Å². The molecule has 2 aliphatic heterocycles. The van der Waals surface area contributed by atoms with E-state index in [1.807, 2.05) is 17.0 Å². The van der Waals surface area contributed by atoms with Crippen LogP contribution in [0.5, 0.6) is 0 Å².